The zero-order valence-electron chi connectivity index (χ0n) is 13.7. The van der Waals surface area contributed by atoms with Crippen LogP contribution in [0.15, 0.2) is 12.1 Å². The summed E-state index contributed by atoms with van der Waals surface area (Å²) in [5.74, 6) is 0.315. The second kappa shape index (κ2) is 6.93. The third-order valence-corrected chi connectivity index (χ3v) is 5.90. The molecule has 21 heavy (non-hydrogen) atoms. The van der Waals surface area contributed by atoms with E-state index in [-0.39, 0.29) is 11.5 Å². The highest BCUT2D eigenvalue weighted by Gasteiger charge is 2.41. The predicted molar refractivity (Wildman–Crippen MR) is 89.7 cm³/mol. The van der Waals surface area contributed by atoms with Gasteiger partial charge in [0.15, 0.2) is 0 Å². The van der Waals surface area contributed by atoms with Crippen LogP contribution in [0.4, 0.5) is 0 Å². The van der Waals surface area contributed by atoms with Crippen molar-refractivity contribution in [1.82, 2.24) is 10.2 Å². The van der Waals surface area contributed by atoms with Crippen LogP contribution in [0.2, 0.25) is 0 Å². The maximum Gasteiger partial charge on any atom is 0.230 e. The summed E-state index contributed by atoms with van der Waals surface area (Å²) in [7, 11) is 1.97. The quantitative estimate of drug-likeness (QED) is 0.898. The van der Waals surface area contributed by atoms with Crippen LogP contribution in [0.5, 0.6) is 0 Å². The zero-order valence-corrected chi connectivity index (χ0v) is 14.6. The molecule has 1 saturated heterocycles. The van der Waals surface area contributed by atoms with Crippen LogP contribution in [0.25, 0.3) is 0 Å². The highest BCUT2D eigenvalue weighted by Crippen LogP contribution is 2.36. The average Bonchev–Trinajstić information content (AvgIpc) is 2.93. The molecule has 3 nitrogen and oxygen atoms in total. The van der Waals surface area contributed by atoms with Crippen molar-refractivity contribution in [3.05, 3.63) is 21.9 Å². The molecule has 2 atom stereocenters. The Morgan fingerprint density at radius 2 is 2.29 bits per heavy atom. The van der Waals surface area contributed by atoms with Gasteiger partial charge in [0, 0.05) is 23.3 Å². The molecule has 1 aliphatic rings. The molecule has 1 fully saturated rings. The summed E-state index contributed by atoms with van der Waals surface area (Å²) >= 11 is 1.79. The predicted octanol–water partition coefficient (Wildman–Crippen LogP) is 3.75. The number of nitrogens with zero attached hydrogens (tertiary/aromatic N) is 1. The summed E-state index contributed by atoms with van der Waals surface area (Å²) < 4.78 is 0. The molecule has 0 radical (unpaired) electrons. The Hall–Kier alpha value is -0.870. The number of nitrogens with one attached hydrogen (secondary N) is 1. The van der Waals surface area contributed by atoms with Crippen LogP contribution >= 0.6 is 11.3 Å². The van der Waals surface area contributed by atoms with Gasteiger partial charge in [0.05, 0.1) is 11.5 Å². The number of piperidine rings is 1. The number of hydrogen-bond acceptors (Lipinski definition) is 3. The van der Waals surface area contributed by atoms with E-state index >= 15 is 0 Å². The molecule has 1 aromatic rings. The monoisotopic (exact) mass is 308 g/mol. The largest absolute Gasteiger partial charge is 0.338 e. The van der Waals surface area contributed by atoms with Crippen molar-refractivity contribution in [3.8, 4) is 0 Å². The summed E-state index contributed by atoms with van der Waals surface area (Å²) in [6.45, 7) is 8.31. The Morgan fingerprint density at radius 1 is 1.52 bits per heavy atom. The molecule has 0 spiro atoms. The van der Waals surface area contributed by atoms with E-state index in [9.17, 15) is 4.79 Å². The third-order valence-electron chi connectivity index (χ3n) is 4.73. The number of hydrogen-bond donors (Lipinski definition) is 1. The van der Waals surface area contributed by atoms with Gasteiger partial charge < -0.3 is 10.2 Å². The first-order valence-corrected chi connectivity index (χ1v) is 8.86. The molecule has 1 aromatic heterocycles. The Kier molecular flexibility index (Phi) is 5.44. The minimum absolute atomic E-state index is 0.159. The van der Waals surface area contributed by atoms with Crippen LogP contribution in [-0.4, -0.2) is 30.9 Å². The first-order chi connectivity index (χ1) is 10.00. The van der Waals surface area contributed by atoms with Gasteiger partial charge in [0.1, 0.15) is 0 Å². The summed E-state index contributed by atoms with van der Waals surface area (Å²) in [6, 6.07) is 4.45. The van der Waals surface area contributed by atoms with E-state index in [1.807, 2.05) is 11.9 Å². The fourth-order valence-electron chi connectivity index (χ4n) is 3.37. The normalized spacial score (nSPS) is 23.8. The minimum Gasteiger partial charge on any atom is -0.338 e. The summed E-state index contributed by atoms with van der Waals surface area (Å²) in [6.07, 6.45) is 4.17. The van der Waals surface area contributed by atoms with Crippen molar-refractivity contribution in [1.29, 1.82) is 0 Å². The van der Waals surface area contributed by atoms with Crippen LogP contribution < -0.4 is 5.32 Å². The fraction of sp³-hybridized carbons (Fsp3) is 0.706. The van der Waals surface area contributed by atoms with Gasteiger partial charge in [-0.05, 0) is 51.8 Å². The molecule has 0 aromatic carbocycles. The van der Waals surface area contributed by atoms with Gasteiger partial charge in [0.25, 0.3) is 0 Å². The number of thiophene rings is 1. The molecule has 0 bridgehead atoms. The van der Waals surface area contributed by atoms with Gasteiger partial charge in [0.2, 0.25) is 5.91 Å². The Labute approximate surface area is 132 Å². The number of carbonyl (C=O) groups is 1. The highest BCUT2D eigenvalue weighted by molar-refractivity contribution is 7.12. The van der Waals surface area contributed by atoms with Crippen molar-refractivity contribution in [2.45, 2.75) is 52.5 Å². The summed E-state index contributed by atoms with van der Waals surface area (Å²) in [5, 5.41) is 3.43. The van der Waals surface area contributed by atoms with Crippen LogP contribution in [0, 0.1) is 12.3 Å². The lowest BCUT2D eigenvalue weighted by atomic mass is 9.75. The van der Waals surface area contributed by atoms with Crippen LogP contribution in [0.3, 0.4) is 0 Å². The molecule has 0 aliphatic carbocycles. The van der Waals surface area contributed by atoms with E-state index in [0.29, 0.717) is 5.91 Å². The zero-order chi connectivity index (χ0) is 15.5. The van der Waals surface area contributed by atoms with Crippen LogP contribution in [0.1, 0.15) is 55.3 Å². The van der Waals surface area contributed by atoms with E-state index in [1.165, 1.54) is 9.75 Å². The SMILES string of the molecule is CCCC1(C(=O)N(C)C(C)c2ccc(C)s2)CCCNC1. The third kappa shape index (κ3) is 3.49. The maximum absolute atomic E-state index is 13.1. The number of carbonyl (C=O) groups excluding carboxylic acids is 1. The van der Waals surface area contributed by atoms with E-state index < -0.39 is 0 Å². The molecule has 1 N–H and O–H groups in total. The smallest absolute Gasteiger partial charge is 0.230 e. The first-order valence-electron chi connectivity index (χ1n) is 8.04. The lowest BCUT2D eigenvalue weighted by Gasteiger charge is -2.40. The van der Waals surface area contributed by atoms with Crippen molar-refractivity contribution in [2.24, 2.45) is 5.41 Å². The molecular formula is C17H28N2OS. The Morgan fingerprint density at radius 3 is 2.81 bits per heavy atom. The van der Waals surface area contributed by atoms with E-state index in [0.717, 1.165) is 38.8 Å². The molecule has 0 saturated carbocycles. The molecule has 2 heterocycles. The standard InChI is InChI=1S/C17H28N2OS/c1-5-9-17(10-6-11-18-12-17)16(20)19(4)14(3)15-8-7-13(2)21-15/h7-8,14,18H,5-6,9-12H2,1-4H3. The van der Waals surface area contributed by atoms with Gasteiger partial charge >= 0.3 is 0 Å². The van der Waals surface area contributed by atoms with Crippen molar-refractivity contribution in [2.75, 3.05) is 20.1 Å². The van der Waals surface area contributed by atoms with E-state index in [2.05, 4.69) is 38.2 Å². The molecule has 4 heteroatoms. The maximum atomic E-state index is 13.1. The van der Waals surface area contributed by atoms with Crippen molar-refractivity contribution < 1.29 is 4.79 Å². The lowest BCUT2D eigenvalue weighted by molar-refractivity contribution is -0.144. The Bertz CT molecular complexity index is 471. The second-order valence-electron chi connectivity index (χ2n) is 6.35. The van der Waals surface area contributed by atoms with Gasteiger partial charge in [-0.2, -0.15) is 0 Å². The number of amides is 1. The van der Waals surface area contributed by atoms with E-state index in [4.69, 9.17) is 0 Å². The number of rotatable bonds is 5. The molecule has 1 amide bonds. The minimum atomic E-state index is -0.192. The van der Waals surface area contributed by atoms with E-state index in [1.54, 1.807) is 11.3 Å². The molecule has 2 rings (SSSR count). The average molecular weight is 308 g/mol. The van der Waals surface area contributed by atoms with Gasteiger partial charge in [-0.25, -0.2) is 0 Å². The highest BCUT2D eigenvalue weighted by atomic mass is 32.1. The van der Waals surface area contributed by atoms with Crippen molar-refractivity contribution >= 4 is 17.2 Å². The Balaban J connectivity index is 2.15. The molecule has 118 valence electrons. The topological polar surface area (TPSA) is 32.3 Å². The number of aryl methyl sites for hydroxylation is 1. The molecule has 1 aliphatic heterocycles. The molecule has 2 unspecified atom stereocenters. The second-order valence-corrected chi connectivity index (χ2v) is 7.67. The van der Waals surface area contributed by atoms with Crippen LogP contribution in [-0.2, 0) is 4.79 Å². The molecular weight excluding hydrogens is 280 g/mol. The van der Waals surface area contributed by atoms with Gasteiger partial charge in [-0.3, -0.25) is 4.79 Å². The summed E-state index contributed by atoms with van der Waals surface area (Å²) in [4.78, 5) is 17.7. The summed E-state index contributed by atoms with van der Waals surface area (Å²) in [5.41, 5.74) is -0.192. The van der Waals surface area contributed by atoms with Gasteiger partial charge in [-0.1, -0.05) is 13.3 Å². The van der Waals surface area contributed by atoms with Gasteiger partial charge in [-0.15, -0.1) is 11.3 Å². The van der Waals surface area contributed by atoms with Crippen molar-refractivity contribution in [3.63, 3.8) is 0 Å². The fourth-order valence-corrected chi connectivity index (χ4v) is 4.34. The lowest BCUT2D eigenvalue weighted by Crippen LogP contribution is -2.51. The first kappa shape index (κ1) is 16.5.